The number of carbonyl (C=O) groups excluding carboxylic acids is 1. The van der Waals surface area contributed by atoms with E-state index in [9.17, 15) is 4.79 Å². The van der Waals surface area contributed by atoms with E-state index in [-0.39, 0.29) is 11.8 Å². The van der Waals surface area contributed by atoms with Crippen LogP contribution in [0.3, 0.4) is 0 Å². The molecule has 0 radical (unpaired) electrons. The van der Waals surface area contributed by atoms with Gasteiger partial charge in [-0.2, -0.15) is 0 Å². The van der Waals surface area contributed by atoms with Crippen molar-refractivity contribution in [1.29, 1.82) is 0 Å². The van der Waals surface area contributed by atoms with Crippen molar-refractivity contribution in [2.24, 2.45) is 5.92 Å². The Morgan fingerprint density at radius 1 is 1.10 bits per heavy atom. The lowest BCUT2D eigenvalue weighted by Crippen LogP contribution is -2.50. The number of nitrogens with zero attached hydrogens (tertiary/aromatic N) is 4. The van der Waals surface area contributed by atoms with Crippen LogP contribution in [0, 0.1) is 5.92 Å². The van der Waals surface area contributed by atoms with Gasteiger partial charge in [-0.3, -0.25) is 4.79 Å². The minimum absolute atomic E-state index is 0.0661. The average Bonchev–Trinajstić information content (AvgIpc) is 2.53. The molecule has 0 bridgehead atoms. The average molecular weight is 284 g/mol. The van der Waals surface area contributed by atoms with Crippen molar-refractivity contribution in [3.05, 3.63) is 30.6 Å². The van der Waals surface area contributed by atoms with Crippen LogP contribution in [0.5, 0.6) is 0 Å². The molecule has 1 aliphatic heterocycles. The van der Waals surface area contributed by atoms with Crippen LogP contribution in [0.25, 0.3) is 10.9 Å². The number of benzene rings is 1. The quantitative estimate of drug-likeness (QED) is 0.845. The van der Waals surface area contributed by atoms with Crippen LogP contribution in [0.4, 0.5) is 5.82 Å². The van der Waals surface area contributed by atoms with Gasteiger partial charge in [0.15, 0.2) is 0 Å². The van der Waals surface area contributed by atoms with Gasteiger partial charge in [-0.15, -0.1) is 0 Å². The van der Waals surface area contributed by atoms with Crippen molar-refractivity contribution < 1.29 is 4.79 Å². The van der Waals surface area contributed by atoms with Gasteiger partial charge in [0.2, 0.25) is 5.91 Å². The van der Waals surface area contributed by atoms with Crippen LogP contribution in [0.1, 0.15) is 13.8 Å². The molecular formula is C16H20N4O. The van der Waals surface area contributed by atoms with E-state index in [1.165, 1.54) is 0 Å². The van der Waals surface area contributed by atoms with Crippen LogP contribution in [-0.2, 0) is 4.79 Å². The van der Waals surface area contributed by atoms with Gasteiger partial charge in [0.05, 0.1) is 5.52 Å². The lowest BCUT2D eigenvalue weighted by molar-refractivity contribution is -0.134. The number of aromatic nitrogens is 2. The van der Waals surface area contributed by atoms with Gasteiger partial charge in [-0.1, -0.05) is 26.0 Å². The molecular weight excluding hydrogens is 264 g/mol. The van der Waals surface area contributed by atoms with E-state index in [0.717, 1.165) is 42.9 Å². The van der Waals surface area contributed by atoms with Gasteiger partial charge in [0, 0.05) is 37.5 Å². The summed E-state index contributed by atoms with van der Waals surface area (Å²) in [7, 11) is 0. The Morgan fingerprint density at radius 2 is 1.81 bits per heavy atom. The van der Waals surface area contributed by atoms with E-state index >= 15 is 0 Å². The van der Waals surface area contributed by atoms with Crippen molar-refractivity contribution in [1.82, 2.24) is 14.9 Å². The van der Waals surface area contributed by atoms with E-state index in [1.54, 1.807) is 6.33 Å². The number of para-hydroxylation sites is 1. The molecule has 0 spiro atoms. The maximum atomic E-state index is 12.0. The predicted octanol–water partition coefficient (Wildman–Crippen LogP) is 1.93. The molecule has 1 amide bonds. The third kappa shape index (κ3) is 2.68. The Kier molecular flexibility index (Phi) is 3.73. The fourth-order valence-corrected chi connectivity index (χ4v) is 2.75. The molecule has 1 fully saturated rings. The van der Waals surface area contributed by atoms with Crippen molar-refractivity contribution in [2.45, 2.75) is 13.8 Å². The van der Waals surface area contributed by atoms with Gasteiger partial charge in [0.25, 0.3) is 0 Å². The summed E-state index contributed by atoms with van der Waals surface area (Å²) >= 11 is 0. The molecule has 1 aliphatic rings. The summed E-state index contributed by atoms with van der Waals surface area (Å²) < 4.78 is 0. The summed E-state index contributed by atoms with van der Waals surface area (Å²) in [5, 5.41) is 1.07. The monoisotopic (exact) mass is 284 g/mol. The second kappa shape index (κ2) is 5.68. The number of amides is 1. The zero-order valence-electron chi connectivity index (χ0n) is 12.5. The Bertz CT molecular complexity index is 642. The molecule has 2 heterocycles. The molecule has 1 saturated heterocycles. The molecule has 5 nitrogen and oxygen atoms in total. The lowest BCUT2D eigenvalue weighted by atomic mass is 10.1. The van der Waals surface area contributed by atoms with Crippen molar-refractivity contribution in [3.8, 4) is 0 Å². The second-order valence-corrected chi connectivity index (χ2v) is 5.68. The van der Waals surface area contributed by atoms with E-state index in [2.05, 4.69) is 20.9 Å². The van der Waals surface area contributed by atoms with E-state index in [1.807, 2.05) is 36.9 Å². The van der Waals surface area contributed by atoms with Crippen molar-refractivity contribution >= 4 is 22.6 Å². The predicted molar refractivity (Wildman–Crippen MR) is 83.2 cm³/mol. The number of anilines is 1. The van der Waals surface area contributed by atoms with Gasteiger partial charge < -0.3 is 9.80 Å². The minimum atomic E-state index is 0.0661. The first-order valence-corrected chi connectivity index (χ1v) is 7.40. The highest BCUT2D eigenvalue weighted by Crippen LogP contribution is 2.23. The molecule has 5 heteroatoms. The first-order chi connectivity index (χ1) is 10.2. The molecule has 21 heavy (non-hydrogen) atoms. The first-order valence-electron chi connectivity index (χ1n) is 7.40. The summed E-state index contributed by atoms with van der Waals surface area (Å²) in [6.07, 6.45) is 1.61. The number of fused-ring (bicyclic) bond motifs is 1. The maximum Gasteiger partial charge on any atom is 0.225 e. The largest absolute Gasteiger partial charge is 0.352 e. The van der Waals surface area contributed by atoms with Crippen LogP contribution >= 0.6 is 0 Å². The first kappa shape index (κ1) is 13.8. The Morgan fingerprint density at radius 3 is 2.52 bits per heavy atom. The number of piperazine rings is 1. The fraction of sp³-hybridized carbons (Fsp3) is 0.438. The molecule has 0 aliphatic carbocycles. The summed E-state index contributed by atoms with van der Waals surface area (Å²) in [6, 6.07) is 8.04. The van der Waals surface area contributed by atoms with E-state index in [4.69, 9.17) is 0 Å². The number of rotatable bonds is 2. The number of hydrogen-bond donors (Lipinski definition) is 0. The zero-order valence-corrected chi connectivity index (χ0v) is 12.5. The number of carbonyl (C=O) groups is 1. The van der Waals surface area contributed by atoms with Crippen LogP contribution in [-0.4, -0.2) is 47.0 Å². The Balaban J connectivity index is 1.79. The van der Waals surface area contributed by atoms with Crippen LogP contribution < -0.4 is 4.90 Å². The van der Waals surface area contributed by atoms with E-state index < -0.39 is 0 Å². The fourth-order valence-electron chi connectivity index (χ4n) is 2.75. The number of hydrogen-bond acceptors (Lipinski definition) is 4. The highest BCUT2D eigenvalue weighted by Gasteiger charge is 2.24. The molecule has 0 N–H and O–H groups in total. The van der Waals surface area contributed by atoms with Gasteiger partial charge in [0.1, 0.15) is 12.1 Å². The van der Waals surface area contributed by atoms with Gasteiger partial charge in [-0.05, 0) is 12.1 Å². The highest BCUT2D eigenvalue weighted by atomic mass is 16.2. The lowest BCUT2D eigenvalue weighted by Gasteiger charge is -2.36. The molecule has 110 valence electrons. The van der Waals surface area contributed by atoms with Crippen LogP contribution in [0.15, 0.2) is 30.6 Å². The highest BCUT2D eigenvalue weighted by molar-refractivity contribution is 5.89. The van der Waals surface area contributed by atoms with Crippen LogP contribution in [0.2, 0.25) is 0 Å². The SMILES string of the molecule is CC(C)C(=O)N1CCN(c2ncnc3ccccc23)CC1. The zero-order chi connectivity index (χ0) is 14.8. The Hall–Kier alpha value is -2.17. The molecule has 3 rings (SSSR count). The summed E-state index contributed by atoms with van der Waals surface area (Å²) in [6.45, 7) is 7.06. The summed E-state index contributed by atoms with van der Waals surface area (Å²) in [5.74, 6) is 1.27. The third-order valence-electron chi connectivity index (χ3n) is 3.91. The Labute approximate surface area is 124 Å². The maximum absolute atomic E-state index is 12.0. The van der Waals surface area contributed by atoms with Gasteiger partial charge in [-0.25, -0.2) is 9.97 Å². The summed E-state index contributed by atoms with van der Waals surface area (Å²) in [4.78, 5) is 25.0. The van der Waals surface area contributed by atoms with Crippen molar-refractivity contribution in [2.75, 3.05) is 31.1 Å². The molecule has 0 atom stereocenters. The molecule has 0 unspecified atom stereocenters. The molecule has 2 aromatic rings. The second-order valence-electron chi connectivity index (χ2n) is 5.68. The molecule has 1 aromatic heterocycles. The molecule has 0 saturated carbocycles. The topological polar surface area (TPSA) is 49.3 Å². The van der Waals surface area contributed by atoms with Crippen molar-refractivity contribution in [3.63, 3.8) is 0 Å². The minimum Gasteiger partial charge on any atom is -0.352 e. The van der Waals surface area contributed by atoms with Gasteiger partial charge >= 0.3 is 0 Å². The van der Waals surface area contributed by atoms with E-state index in [0.29, 0.717) is 0 Å². The summed E-state index contributed by atoms with van der Waals surface area (Å²) in [5.41, 5.74) is 0.961. The normalized spacial score (nSPS) is 15.8. The smallest absolute Gasteiger partial charge is 0.225 e. The third-order valence-corrected chi connectivity index (χ3v) is 3.91. The molecule has 1 aromatic carbocycles. The standard InChI is InChI=1S/C16H20N4O/c1-12(2)16(21)20-9-7-19(8-10-20)15-13-5-3-4-6-14(13)17-11-18-15/h3-6,11-12H,7-10H2,1-2H3.